The van der Waals surface area contributed by atoms with E-state index in [0.29, 0.717) is 0 Å². The first-order valence-corrected chi connectivity index (χ1v) is 6.35. The number of nitrogens with one attached hydrogen (secondary N) is 1. The second-order valence-corrected chi connectivity index (χ2v) is 4.82. The van der Waals surface area contributed by atoms with E-state index in [1.54, 1.807) is 0 Å². The topological polar surface area (TPSA) is 55.4 Å². The van der Waals surface area contributed by atoms with E-state index < -0.39 is 11.7 Å². The van der Waals surface area contributed by atoms with E-state index in [1.807, 2.05) is 0 Å². The van der Waals surface area contributed by atoms with Crippen molar-refractivity contribution in [2.45, 2.75) is 19.3 Å². The number of esters is 1. The summed E-state index contributed by atoms with van der Waals surface area (Å²) in [6.45, 7) is -0.358. The molecule has 0 spiro atoms. The Labute approximate surface area is 114 Å². The van der Waals surface area contributed by atoms with Crippen LogP contribution in [0.2, 0.25) is 5.02 Å². The quantitative estimate of drug-likeness (QED) is 0.866. The molecule has 1 aromatic rings. The number of amides is 1. The summed E-state index contributed by atoms with van der Waals surface area (Å²) in [6, 6.07) is 3.63. The van der Waals surface area contributed by atoms with Crippen LogP contribution < -0.4 is 5.32 Å². The van der Waals surface area contributed by atoms with E-state index in [-0.39, 0.29) is 29.2 Å². The molecule has 1 amide bonds. The van der Waals surface area contributed by atoms with Crippen LogP contribution in [0, 0.1) is 11.7 Å². The molecule has 4 nitrogen and oxygen atoms in total. The van der Waals surface area contributed by atoms with Crippen LogP contribution in [-0.4, -0.2) is 18.5 Å². The Morgan fingerprint density at radius 2 is 2.16 bits per heavy atom. The van der Waals surface area contributed by atoms with Crippen molar-refractivity contribution in [3.05, 3.63) is 29.0 Å². The Balaban J connectivity index is 1.81. The fraction of sp³-hybridized carbons (Fsp3) is 0.385. The smallest absolute Gasteiger partial charge is 0.309 e. The number of carbonyl (C=O) groups excluding carboxylic acids is 2. The Hall–Kier alpha value is -1.62. The van der Waals surface area contributed by atoms with E-state index in [0.717, 1.165) is 25.3 Å². The minimum atomic E-state index is -0.499. The Morgan fingerprint density at radius 3 is 2.74 bits per heavy atom. The van der Waals surface area contributed by atoms with Gasteiger partial charge in [0.2, 0.25) is 0 Å². The van der Waals surface area contributed by atoms with Gasteiger partial charge in [0, 0.05) is 0 Å². The third-order valence-corrected chi connectivity index (χ3v) is 3.30. The predicted molar refractivity (Wildman–Crippen MR) is 68.3 cm³/mol. The summed E-state index contributed by atoms with van der Waals surface area (Å²) in [6.07, 6.45) is 2.67. The van der Waals surface area contributed by atoms with Gasteiger partial charge >= 0.3 is 5.97 Å². The second-order valence-electron chi connectivity index (χ2n) is 4.41. The van der Waals surface area contributed by atoms with Gasteiger partial charge in [-0.3, -0.25) is 9.59 Å². The largest absolute Gasteiger partial charge is 0.455 e. The molecule has 0 saturated heterocycles. The van der Waals surface area contributed by atoms with Crippen molar-refractivity contribution in [1.82, 2.24) is 0 Å². The maximum atomic E-state index is 12.8. The molecule has 1 aliphatic carbocycles. The SMILES string of the molecule is O=C(COC(=O)C1CCC1)Nc1ccc(F)cc1Cl. The summed E-state index contributed by atoms with van der Waals surface area (Å²) in [5.41, 5.74) is 0.285. The second kappa shape index (κ2) is 6.02. The zero-order chi connectivity index (χ0) is 13.8. The molecule has 0 atom stereocenters. The van der Waals surface area contributed by atoms with Gasteiger partial charge in [-0.2, -0.15) is 0 Å². The summed E-state index contributed by atoms with van der Waals surface area (Å²) in [5, 5.41) is 2.55. The molecule has 0 heterocycles. The third kappa shape index (κ3) is 3.67. The molecule has 1 aromatic carbocycles. The molecule has 0 radical (unpaired) electrons. The number of carbonyl (C=O) groups is 2. The fourth-order valence-corrected chi connectivity index (χ4v) is 1.89. The van der Waals surface area contributed by atoms with Crippen molar-refractivity contribution in [3.63, 3.8) is 0 Å². The monoisotopic (exact) mass is 285 g/mol. The lowest BCUT2D eigenvalue weighted by atomic mass is 9.86. The lowest BCUT2D eigenvalue weighted by Gasteiger charge is -2.22. The number of ether oxygens (including phenoxy) is 1. The van der Waals surface area contributed by atoms with Crippen molar-refractivity contribution in [3.8, 4) is 0 Å². The van der Waals surface area contributed by atoms with Gasteiger partial charge in [-0.1, -0.05) is 18.0 Å². The number of halogens is 2. The molecule has 2 rings (SSSR count). The standard InChI is InChI=1S/C13H13ClFNO3/c14-10-6-9(15)4-5-11(10)16-12(17)7-19-13(18)8-2-1-3-8/h4-6,8H,1-3,7H2,(H,16,17). The summed E-state index contributed by atoms with van der Waals surface area (Å²) in [5.74, 6) is -1.39. The van der Waals surface area contributed by atoms with Crippen LogP contribution in [0.3, 0.4) is 0 Å². The molecule has 1 fully saturated rings. The lowest BCUT2D eigenvalue weighted by Crippen LogP contribution is -2.28. The minimum Gasteiger partial charge on any atom is -0.455 e. The summed E-state index contributed by atoms with van der Waals surface area (Å²) in [7, 11) is 0. The van der Waals surface area contributed by atoms with Crippen LogP contribution in [0.15, 0.2) is 18.2 Å². The van der Waals surface area contributed by atoms with E-state index >= 15 is 0 Å². The number of hydrogen-bond donors (Lipinski definition) is 1. The van der Waals surface area contributed by atoms with Gasteiger partial charge in [-0.25, -0.2) is 4.39 Å². The summed E-state index contributed by atoms with van der Waals surface area (Å²) >= 11 is 5.76. The van der Waals surface area contributed by atoms with Crippen molar-refractivity contribution < 1.29 is 18.7 Å². The van der Waals surface area contributed by atoms with Gasteiger partial charge in [0.25, 0.3) is 5.91 Å². The first-order valence-electron chi connectivity index (χ1n) is 5.98. The normalized spacial score (nSPS) is 14.6. The highest BCUT2D eigenvalue weighted by Crippen LogP contribution is 2.27. The van der Waals surface area contributed by atoms with Crippen LogP contribution in [0.25, 0.3) is 0 Å². The van der Waals surface area contributed by atoms with Crippen LogP contribution in [0.4, 0.5) is 10.1 Å². The van der Waals surface area contributed by atoms with Gasteiger partial charge < -0.3 is 10.1 Å². The molecule has 19 heavy (non-hydrogen) atoms. The highest BCUT2D eigenvalue weighted by molar-refractivity contribution is 6.33. The van der Waals surface area contributed by atoms with E-state index in [9.17, 15) is 14.0 Å². The number of anilines is 1. The summed E-state index contributed by atoms with van der Waals surface area (Å²) < 4.78 is 17.7. The molecular formula is C13H13ClFNO3. The van der Waals surface area contributed by atoms with E-state index in [2.05, 4.69) is 5.32 Å². The van der Waals surface area contributed by atoms with Crippen LogP contribution >= 0.6 is 11.6 Å². The maximum absolute atomic E-state index is 12.8. The van der Waals surface area contributed by atoms with Gasteiger partial charge in [0.05, 0.1) is 16.6 Å². The molecule has 0 bridgehead atoms. The molecule has 1 aliphatic rings. The van der Waals surface area contributed by atoms with Crippen molar-refractivity contribution in [1.29, 1.82) is 0 Å². The van der Waals surface area contributed by atoms with Crippen molar-refractivity contribution in [2.75, 3.05) is 11.9 Å². The van der Waals surface area contributed by atoms with E-state index in [1.165, 1.54) is 12.1 Å². The van der Waals surface area contributed by atoms with Crippen LogP contribution in [0.1, 0.15) is 19.3 Å². The highest BCUT2D eigenvalue weighted by atomic mass is 35.5. The van der Waals surface area contributed by atoms with Crippen molar-refractivity contribution >= 4 is 29.2 Å². The van der Waals surface area contributed by atoms with Crippen LogP contribution in [0.5, 0.6) is 0 Å². The number of hydrogen-bond acceptors (Lipinski definition) is 3. The molecule has 0 unspecified atom stereocenters. The number of rotatable bonds is 4. The van der Waals surface area contributed by atoms with Crippen molar-refractivity contribution in [2.24, 2.45) is 5.92 Å². The molecule has 6 heteroatoms. The molecule has 0 aromatic heterocycles. The van der Waals surface area contributed by atoms with Gasteiger partial charge in [-0.05, 0) is 31.0 Å². The van der Waals surface area contributed by atoms with Crippen LogP contribution in [-0.2, 0) is 14.3 Å². The zero-order valence-corrected chi connectivity index (χ0v) is 10.9. The fourth-order valence-electron chi connectivity index (χ4n) is 1.68. The summed E-state index contributed by atoms with van der Waals surface area (Å²) in [4.78, 5) is 23.0. The molecule has 1 N–H and O–H groups in total. The third-order valence-electron chi connectivity index (χ3n) is 2.99. The maximum Gasteiger partial charge on any atom is 0.309 e. The minimum absolute atomic E-state index is 0.0674. The van der Waals surface area contributed by atoms with Gasteiger partial charge in [-0.15, -0.1) is 0 Å². The zero-order valence-electron chi connectivity index (χ0n) is 10.1. The molecule has 102 valence electrons. The molecular weight excluding hydrogens is 273 g/mol. The van der Waals surface area contributed by atoms with Gasteiger partial charge in [0.15, 0.2) is 6.61 Å². The van der Waals surface area contributed by atoms with Gasteiger partial charge in [0.1, 0.15) is 5.82 Å². The Kier molecular flexibility index (Phi) is 4.37. The predicted octanol–water partition coefficient (Wildman–Crippen LogP) is 2.76. The average molecular weight is 286 g/mol. The molecule has 0 aliphatic heterocycles. The Bertz CT molecular complexity index is 503. The van der Waals surface area contributed by atoms with E-state index in [4.69, 9.17) is 16.3 Å². The molecule has 1 saturated carbocycles. The Morgan fingerprint density at radius 1 is 1.42 bits per heavy atom. The highest BCUT2D eigenvalue weighted by Gasteiger charge is 2.27. The first-order chi connectivity index (χ1) is 9.06. The lowest BCUT2D eigenvalue weighted by molar-refractivity contribution is -0.154. The number of benzene rings is 1. The first kappa shape index (κ1) is 13.8. The average Bonchev–Trinajstić information content (AvgIpc) is 2.28.